The third-order valence-electron chi connectivity index (χ3n) is 4.28. The van der Waals surface area contributed by atoms with Crippen molar-refractivity contribution in [2.75, 3.05) is 0 Å². The van der Waals surface area contributed by atoms with E-state index < -0.39 is 0 Å². The molecule has 2 nitrogen and oxygen atoms in total. The topological polar surface area (TPSA) is 24.9 Å². The molecule has 2 fully saturated rings. The highest BCUT2D eigenvalue weighted by molar-refractivity contribution is 7.09. The van der Waals surface area contributed by atoms with E-state index in [2.05, 4.69) is 36.5 Å². The van der Waals surface area contributed by atoms with Crippen molar-refractivity contribution in [2.45, 2.75) is 64.5 Å². The third kappa shape index (κ3) is 2.48. The molecule has 1 N–H and O–H groups in total. The summed E-state index contributed by atoms with van der Waals surface area (Å²) in [5.41, 5.74) is 0.571. The van der Waals surface area contributed by atoms with Crippen LogP contribution in [0.5, 0.6) is 0 Å². The van der Waals surface area contributed by atoms with E-state index in [0.717, 1.165) is 12.0 Å². The van der Waals surface area contributed by atoms with Crippen molar-refractivity contribution in [3.05, 3.63) is 16.6 Å². The Morgan fingerprint density at radius 2 is 2.11 bits per heavy atom. The van der Waals surface area contributed by atoms with Gasteiger partial charge in [-0.05, 0) is 43.4 Å². The summed E-state index contributed by atoms with van der Waals surface area (Å²) in [6, 6.07) is 0.745. The third-order valence-corrected chi connectivity index (χ3v) is 5.25. The van der Waals surface area contributed by atoms with Crippen LogP contribution in [-0.4, -0.2) is 11.0 Å². The van der Waals surface area contributed by atoms with Crippen molar-refractivity contribution in [1.29, 1.82) is 0 Å². The Morgan fingerprint density at radius 1 is 1.33 bits per heavy atom. The average Bonchev–Trinajstić information content (AvgIpc) is 2.88. The Morgan fingerprint density at radius 3 is 2.67 bits per heavy atom. The zero-order valence-electron chi connectivity index (χ0n) is 11.7. The molecule has 1 aromatic heterocycles. The molecule has 0 saturated heterocycles. The fourth-order valence-electron chi connectivity index (χ4n) is 3.98. The molecule has 18 heavy (non-hydrogen) atoms. The number of rotatable bonds is 3. The molecule has 2 unspecified atom stereocenters. The maximum absolute atomic E-state index is 4.65. The monoisotopic (exact) mass is 264 g/mol. The number of hydrogen-bond donors (Lipinski definition) is 1. The van der Waals surface area contributed by atoms with Crippen molar-refractivity contribution in [2.24, 2.45) is 11.3 Å². The van der Waals surface area contributed by atoms with E-state index in [4.69, 9.17) is 0 Å². The lowest BCUT2D eigenvalue weighted by Crippen LogP contribution is -2.51. The first kappa shape index (κ1) is 12.6. The Balaban J connectivity index is 1.93. The minimum atomic E-state index is 0.149. The second-order valence-corrected chi connectivity index (χ2v) is 8.09. The molecule has 2 atom stereocenters. The van der Waals surface area contributed by atoms with E-state index in [-0.39, 0.29) is 5.54 Å². The second kappa shape index (κ2) is 4.31. The smallest absolute Gasteiger partial charge is 0.113 e. The first-order chi connectivity index (χ1) is 8.49. The maximum atomic E-state index is 4.65. The molecule has 0 spiro atoms. The maximum Gasteiger partial charge on any atom is 0.113 e. The van der Waals surface area contributed by atoms with Gasteiger partial charge in [0.15, 0.2) is 0 Å². The summed E-state index contributed by atoms with van der Waals surface area (Å²) in [5.74, 6) is 0.781. The van der Waals surface area contributed by atoms with E-state index in [0.29, 0.717) is 5.41 Å². The van der Waals surface area contributed by atoms with Crippen molar-refractivity contribution < 1.29 is 0 Å². The van der Waals surface area contributed by atoms with Crippen LogP contribution in [0.1, 0.15) is 57.9 Å². The Bertz CT molecular complexity index is 404. The molecule has 1 heterocycles. The van der Waals surface area contributed by atoms with Gasteiger partial charge in [-0.2, -0.15) is 0 Å². The molecule has 0 bridgehead atoms. The van der Waals surface area contributed by atoms with Crippen LogP contribution in [0.3, 0.4) is 0 Å². The molecular weight excluding hydrogens is 240 g/mol. The van der Waals surface area contributed by atoms with Gasteiger partial charge in [-0.3, -0.25) is 0 Å². The largest absolute Gasteiger partial charge is 0.303 e. The molecule has 2 aliphatic rings. The van der Waals surface area contributed by atoms with Crippen LogP contribution < -0.4 is 5.32 Å². The van der Waals surface area contributed by atoms with Crippen molar-refractivity contribution >= 4 is 11.3 Å². The molecule has 0 aromatic carbocycles. The standard InChI is InChI=1S/C15H24N2S/c1-11-8-14(2,3)10-15(9-11,17-12-4-5-12)13-16-6-7-18-13/h6-7,11-12,17H,4-5,8-10H2,1-3H3. The molecular formula is C15H24N2S. The quantitative estimate of drug-likeness (QED) is 0.894. The van der Waals surface area contributed by atoms with Gasteiger partial charge in [0, 0.05) is 17.6 Å². The SMILES string of the molecule is CC1CC(C)(C)CC(NC2CC2)(c2nccs2)C1. The van der Waals surface area contributed by atoms with Gasteiger partial charge in [-0.15, -0.1) is 11.3 Å². The summed E-state index contributed by atoms with van der Waals surface area (Å²) in [5, 5.41) is 7.38. The first-order valence-electron chi connectivity index (χ1n) is 7.17. The number of nitrogens with one attached hydrogen (secondary N) is 1. The second-order valence-electron chi connectivity index (χ2n) is 7.19. The van der Waals surface area contributed by atoms with Crippen LogP contribution in [0.25, 0.3) is 0 Å². The fraction of sp³-hybridized carbons (Fsp3) is 0.800. The predicted molar refractivity (Wildman–Crippen MR) is 76.7 cm³/mol. The summed E-state index contributed by atoms with van der Waals surface area (Å²) in [6.45, 7) is 7.23. The molecule has 3 rings (SSSR count). The lowest BCUT2D eigenvalue weighted by Gasteiger charge is -2.47. The van der Waals surface area contributed by atoms with Crippen LogP contribution in [0.2, 0.25) is 0 Å². The highest BCUT2D eigenvalue weighted by Crippen LogP contribution is 2.50. The number of hydrogen-bond acceptors (Lipinski definition) is 3. The Hall–Kier alpha value is -0.410. The minimum Gasteiger partial charge on any atom is -0.303 e. The first-order valence-corrected chi connectivity index (χ1v) is 8.05. The van der Waals surface area contributed by atoms with Crippen LogP contribution >= 0.6 is 11.3 Å². The normalized spacial score (nSPS) is 35.6. The molecule has 0 aliphatic heterocycles. The highest BCUT2D eigenvalue weighted by atomic mass is 32.1. The van der Waals surface area contributed by atoms with Gasteiger partial charge in [-0.25, -0.2) is 4.98 Å². The van der Waals surface area contributed by atoms with Gasteiger partial charge in [0.05, 0.1) is 5.54 Å². The summed E-state index contributed by atoms with van der Waals surface area (Å²) in [6.07, 6.45) is 8.48. The van der Waals surface area contributed by atoms with Gasteiger partial charge >= 0.3 is 0 Å². The molecule has 100 valence electrons. The zero-order valence-corrected chi connectivity index (χ0v) is 12.5. The fourth-order valence-corrected chi connectivity index (χ4v) is 4.80. The lowest BCUT2D eigenvalue weighted by molar-refractivity contribution is 0.0778. The van der Waals surface area contributed by atoms with Gasteiger partial charge in [0.2, 0.25) is 0 Å². The number of aromatic nitrogens is 1. The summed E-state index contributed by atoms with van der Waals surface area (Å²) in [4.78, 5) is 4.65. The molecule has 3 heteroatoms. The molecule has 1 aromatic rings. The van der Waals surface area contributed by atoms with E-state index >= 15 is 0 Å². The lowest BCUT2D eigenvalue weighted by atomic mass is 9.64. The van der Waals surface area contributed by atoms with Crippen LogP contribution in [0, 0.1) is 11.3 Å². The van der Waals surface area contributed by atoms with Gasteiger partial charge in [0.1, 0.15) is 5.01 Å². The van der Waals surface area contributed by atoms with E-state index in [1.807, 2.05) is 17.5 Å². The molecule has 2 aliphatic carbocycles. The predicted octanol–water partition coefficient (Wildman–Crippen LogP) is 3.94. The van der Waals surface area contributed by atoms with E-state index in [1.165, 1.54) is 37.1 Å². The highest BCUT2D eigenvalue weighted by Gasteiger charge is 2.47. The minimum absolute atomic E-state index is 0.149. The van der Waals surface area contributed by atoms with Crippen LogP contribution in [0.4, 0.5) is 0 Å². The zero-order chi connectivity index (χ0) is 12.8. The van der Waals surface area contributed by atoms with E-state index in [1.54, 1.807) is 0 Å². The van der Waals surface area contributed by atoms with Crippen molar-refractivity contribution in [3.8, 4) is 0 Å². The van der Waals surface area contributed by atoms with E-state index in [9.17, 15) is 0 Å². The molecule has 0 radical (unpaired) electrons. The number of thiazole rings is 1. The Kier molecular flexibility index (Phi) is 3.02. The summed E-state index contributed by atoms with van der Waals surface area (Å²) < 4.78 is 0. The Labute approximate surface area is 114 Å². The van der Waals surface area contributed by atoms with Gasteiger partial charge in [0.25, 0.3) is 0 Å². The van der Waals surface area contributed by atoms with Gasteiger partial charge < -0.3 is 5.32 Å². The molecule has 0 amide bonds. The van der Waals surface area contributed by atoms with Crippen LogP contribution in [0.15, 0.2) is 11.6 Å². The van der Waals surface area contributed by atoms with Gasteiger partial charge in [-0.1, -0.05) is 20.8 Å². The number of nitrogens with zero attached hydrogens (tertiary/aromatic N) is 1. The summed E-state index contributed by atoms with van der Waals surface area (Å²) in [7, 11) is 0. The van der Waals surface area contributed by atoms with Crippen LogP contribution in [-0.2, 0) is 5.54 Å². The van der Waals surface area contributed by atoms with Crippen molar-refractivity contribution in [1.82, 2.24) is 10.3 Å². The summed E-state index contributed by atoms with van der Waals surface area (Å²) >= 11 is 1.83. The van der Waals surface area contributed by atoms with Crippen molar-refractivity contribution in [3.63, 3.8) is 0 Å². The molecule has 2 saturated carbocycles. The average molecular weight is 264 g/mol.